The number of hydrogen-bond donors (Lipinski definition) is 3. The molecule has 3 N–H and O–H groups in total. The molecule has 0 saturated carbocycles. The third-order valence-corrected chi connectivity index (χ3v) is 8.46. The van der Waals surface area contributed by atoms with Crippen molar-refractivity contribution in [1.29, 1.82) is 0 Å². The first-order valence-electron chi connectivity index (χ1n) is 12.0. The summed E-state index contributed by atoms with van der Waals surface area (Å²) in [6, 6.07) is 10.6. The highest BCUT2D eigenvalue weighted by molar-refractivity contribution is 7.89. The smallest absolute Gasteiger partial charge is 0.407 e. The molecule has 2 aliphatic rings. The number of nitrogens with zero attached hydrogens (tertiary/aromatic N) is 1. The molecule has 4 rings (SSSR count). The second kappa shape index (κ2) is 9.74. The minimum atomic E-state index is -3.61. The fraction of sp³-hybridized carbons (Fsp3) is 0.462. The van der Waals surface area contributed by atoms with Gasteiger partial charge in [0, 0.05) is 31.1 Å². The van der Waals surface area contributed by atoms with Gasteiger partial charge in [-0.2, -0.15) is 0 Å². The maximum atomic E-state index is 12.5. The van der Waals surface area contributed by atoms with Crippen molar-refractivity contribution >= 4 is 22.0 Å². The van der Waals surface area contributed by atoms with Crippen LogP contribution in [0.15, 0.2) is 41.3 Å². The van der Waals surface area contributed by atoms with Gasteiger partial charge >= 0.3 is 6.09 Å². The van der Waals surface area contributed by atoms with Crippen molar-refractivity contribution in [2.75, 3.05) is 26.7 Å². The Hall–Kier alpha value is -3.11. The van der Waals surface area contributed by atoms with Crippen molar-refractivity contribution in [3.8, 4) is 5.75 Å². The minimum absolute atomic E-state index is 0.0288. The van der Waals surface area contributed by atoms with Crippen LogP contribution in [0.25, 0.3) is 0 Å². The first kappa shape index (κ1) is 26.0. The number of carbonyl (C=O) groups excluding carboxylic acids is 1. The predicted molar refractivity (Wildman–Crippen MR) is 135 cm³/mol. The summed E-state index contributed by atoms with van der Waals surface area (Å²) in [6.45, 7) is 7.55. The van der Waals surface area contributed by atoms with Crippen LogP contribution in [-0.4, -0.2) is 57.2 Å². The van der Waals surface area contributed by atoms with Gasteiger partial charge in [0.25, 0.3) is 5.91 Å². The van der Waals surface area contributed by atoms with E-state index in [2.05, 4.69) is 10.0 Å². The van der Waals surface area contributed by atoms with Crippen molar-refractivity contribution in [3.63, 3.8) is 0 Å². The highest BCUT2D eigenvalue weighted by Gasteiger charge is 2.36. The average Bonchev–Trinajstić information content (AvgIpc) is 3.21. The Morgan fingerprint density at radius 3 is 2.64 bits per heavy atom. The number of ether oxygens (including phenoxy) is 1. The van der Waals surface area contributed by atoms with Crippen molar-refractivity contribution in [2.45, 2.75) is 50.0 Å². The van der Waals surface area contributed by atoms with Crippen molar-refractivity contribution in [3.05, 3.63) is 58.7 Å². The number of carboxylic acid groups (broad SMARTS) is 1. The normalized spacial score (nSPS) is 20.1. The predicted octanol–water partition coefficient (Wildman–Crippen LogP) is 3.30. The number of amides is 2. The molecule has 194 valence electrons. The molecule has 2 aromatic rings. The maximum absolute atomic E-state index is 12.5. The van der Waals surface area contributed by atoms with Gasteiger partial charge in [0.1, 0.15) is 5.75 Å². The van der Waals surface area contributed by atoms with Gasteiger partial charge < -0.3 is 20.1 Å². The van der Waals surface area contributed by atoms with Crippen molar-refractivity contribution in [2.24, 2.45) is 5.92 Å². The van der Waals surface area contributed by atoms with Gasteiger partial charge in [-0.05, 0) is 65.8 Å². The fourth-order valence-electron chi connectivity index (χ4n) is 5.06. The van der Waals surface area contributed by atoms with Crippen LogP contribution in [-0.2, 0) is 22.0 Å². The average molecular weight is 516 g/mol. The number of rotatable bonds is 6. The first-order chi connectivity index (χ1) is 16.9. The Morgan fingerprint density at radius 2 is 1.97 bits per heavy atom. The second-order valence-corrected chi connectivity index (χ2v) is 12.3. The number of benzene rings is 2. The molecule has 2 unspecified atom stereocenters. The van der Waals surface area contributed by atoms with E-state index in [1.807, 2.05) is 39.0 Å². The van der Waals surface area contributed by atoms with E-state index in [-0.39, 0.29) is 34.7 Å². The zero-order valence-corrected chi connectivity index (χ0v) is 21.8. The Kier molecular flexibility index (Phi) is 7.03. The van der Waals surface area contributed by atoms with Crippen LogP contribution >= 0.6 is 0 Å². The van der Waals surface area contributed by atoms with E-state index in [1.54, 1.807) is 18.2 Å². The maximum Gasteiger partial charge on any atom is 0.407 e. The summed E-state index contributed by atoms with van der Waals surface area (Å²) in [5, 5.41) is 12.4. The number of carbonyl (C=O) groups is 2. The topological polar surface area (TPSA) is 125 Å². The summed E-state index contributed by atoms with van der Waals surface area (Å²) in [5.74, 6) is 0.238. The highest BCUT2D eigenvalue weighted by Crippen LogP contribution is 2.40. The molecular weight excluding hydrogens is 482 g/mol. The summed E-state index contributed by atoms with van der Waals surface area (Å²) in [6.07, 6.45) is -0.382. The van der Waals surface area contributed by atoms with E-state index in [0.717, 1.165) is 16.7 Å². The molecule has 2 atom stereocenters. The van der Waals surface area contributed by atoms with E-state index in [0.29, 0.717) is 37.4 Å². The Bertz CT molecular complexity index is 1290. The lowest BCUT2D eigenvalue weighted by molar-refractivity contribution is 0.0927. The number of nitrogens with one attached hydrogen (secondary N) is 2. The number of piperidine rings is 1. The monoisotopic (exact) mass is 515 g/mol. The van der Waals surface area contributed by atoms with Crippen LogP contribution in [0.4, 0.5) is 4.79 Å². The lowest BCUT2D eigenvalue weighted by Gasteiger charge is -2.39. The van der Waals surface area contributed by atoms with Gasteiger partial charge in [-0.1, -0.05) is 32.9 Å². The Morgan fingerprint density at radius 1 is 1.22 bits per heavy atom. The van der Waals surface area contributed by atoms with E-state index < -0.39 is 16.1 Å². The van der Waals surface area contributed by atoms with Crippen LogP contribution in [0, 0.1) is 5.92 Å². The van der Waals surface area contributed by atoms with Gasteiger partial charge in [-0.3, -0.25) is 4.79 Å². The van der Waals surface area contributed by atoms with Gasteiger partial charge in [0.05, 0.1) is 11.5 Å². The third-order valence-electron chi connectivity index (χ3n) is 7.05. The second-order valence-electron chi connectivity index (χ2n) is 10.4. The van der Waals surface area contributed by atoms with Crippen LogP contribution < -0.4 is 14.8 Å². The highest BCUT2D eigenvalue weighted by atomic mass is 32.2. The Balaban J connectivity index is 1.66. The molecule has 2 aliphatic heterocycles. The number of fused-ring (bicyclic) bond motifs is 1. The molecule has 0 aliphatic carbocycles. The molecule has 1 saturated heterocycles. The zero-order valence-electron chi connectivity index (χ0n) is 21.0. The van der Waals surface area contributed by atoms with Crippen LogP contribution in [0.3, 0.4) is 0 Å². The summed E-state index contributed by atoms with van der Waals surface area (Å²) in [5.41, 5.74) is 3.09. The SMILES string of the molecule is CNS(=O)(=O)c1ccc(C2CCN(C(=O)O)CC2COc2ccc3c(c2)C(=O)NC3)c(C(C)(C)C)c1. The molecule has 0 spiro atoms. The molecule has 2 heterocycles. The number of hydrogen-bond acceptors (Lipinski definition) is 5. The molecule has 2 amide bonds. The third kappa shape index (κ3) is 5.19. The zero-order chi connectivity index (χ0) is 26.3. The molecule has 36 heavy (non-hydrogen) atoms. The molecule has 0 aromatic heterocycles. The van der Waals surface area contributed by atoms with Crippen molar-refractivity contribution in [1.82, 2.24) is 14.9 Å². The molecule has 10 heteroatoms. The number of likely N-dealkylation sites (tertiary alicyclic amines) is 1. The van der Waals surface area contributed by atoms with Gasteiger partial charge in [-0.25, -0.2) is 17.9 Å². The quantitative estimate of drug-likeness (QED) is 0.542. The first-order valence-corrected chi connectivity index (χ1v) is 13.5. The standard InChI is InChI=1S/C26H33N3O6S/c1-26(2,3)23-12-19(36(33,34)27-4)7-8-21(23)20-9-10-29(25(31)32)14-17(20)15-35-18-6-5-16-13-28-24(30)22(16)11-18/h5-8,11-12,17,20,27H,9-10,13-15H2,1-4H3,(H,28,30)(H,31,32). The van der Waals surface area contributed by atoms with E-state index in [1.165, 1.54) is 11.9 Å². The lowest BCUT2D eigenvalue weighted by atomic mass is 9.74. The molecule has 0 radical (unpaired) electrons. The Labute approximate surface area is 211 Å². The van der Waals surface area contributed by atoms with Crippen molar-refractivity contribution < 1.29 is 27.9 Å². The van der Waals surface area contributed by atoms with E-state index >= 15 is 0 Å². The molecule has 0 bridgehead atoms. The number of sulfonamides is 1. The molecule has 1 fully saturated rings. The molecule has 2 aromatic carbocycles. The fourth-order valence-corrected chi connectivity index (χ4v) is 5.82. The van der Waals surface area contributed by atoms with E-state index in [9.17, 15) is 23.1 Å². The van der Waals surface area contributed by atoms with Crippen LogP contribution in [0.2, 0.25) is 0 Å². The van der Waals surface area contributed by atoms with E-state index in [4.69, 9.17) is 4.74 Å². The van der Waals surface area contributed by atoms with Crippen LogP contribution in [0.5, 0.6) is 5.75 Å². The molecule has 9 nitrogen and oxygen atoms in total. The van der Waals surface area contributed by atoms with Gasteiger partial charge in [-0.15, -0.1) is 0 Å². The summed E-state index contributed by atoms with van der Waals surface area (Å²) in [7, 11) is -2.22. The lowest BCUT2D eigenvalue weighted by Crippen LogP contribution is -2.44. The molecular formula is C26H33N3O6S. The largest absolute Gasteiger partial charge is 0.493 e. The summed E-state index contributed by atoms with van der Waals surface area (Å²) in [4.78, 5) is 25.4. The summed E-state index contributed by atoms with van der Waals surface area (Å²) < 4.78 is 33.5. The van der Waals surface area contributed by atoms with Gasteiger partial charge in [0.2, 0.25) is 10.0 Å². The summed E-state index contributed by atoms with van der Waals surface area (Å²) >= 11 is 0. The minimum Gasteiger partial charge on any atom is -0.493 e. The van der Waals surface area contributed by atoms with Gasteiger partial charge in [0.15, 0.2) is 0 Å². The van der Waals surface area contributed by atoms with Crippen LogP contribution in [0.1, 0.15) is 60.2 Å².